The number of benzene rings is 2. The van der Waals surface area contributed by atoms with Crippen molar-refractivity contribution in [3.05, 3.63) is 59.2 Å². The van der Waals surface area contributed by atoms with Gasteiger partial charge in [0.25, 0.3) is 0 Å². The highest BCUT2D eigenvalue weighted by atomic mass is 19.3. The molecule has 112 valence electrons. The first-order chi connectivity index (χ1) is 10.0. The maximum absolute atomic E-state index is 12.3. The summed E-state index contributed by atoms with van der Waals surface area (Å²) in [6.45, 7) is -0.906. The van der Waals surface area contributed by atoms with Gasteiger partial charge in [-0.2, -0.15) is 8.78 Å². The normalized spacial score (nSPS) is 12.3. The van der Waals surface area contributed by atoms with Crippen LogP contribution in [0.25, 0.3) is 0 Å². The first-order valence-corrected chi connectivity index (χ1v) is 6.46. The van der Waals surface area contributed by atoms with Gasteiger partial charge in [-0.15, -0.1) is 0 Å². The molecule has 5 heteroatoms. The third-order valence-corrected chi connectivity index (χ3v) is 3.16. The van der Waals surface area contributed by atoms with E-state index in [1.807, 2.05) is 25.1 Å². The van der Waals surface area contributed by atoms with Crippen LogP contribution in [0.5, 0.6) is 11.5 Å². The molecule has 21 heavy (non-hydrogen) atoms. The van der Waals surface area contributed by atoms with Crippen LogP contribution in [0.2, 0.25) is 0 Å². The summed E-state index contributed by atoms with van der Waals surface area (Å²) >= 11 is 0. The molecule has 0 aliphatic rings. The Balaban J connectivity index is 2.35. The molecule has 0 fully saturated rings. The molecular formula is C16H17F2NO2. The van der Waals surface area contributed by atoms with E-state index in [2.05, 4.69) is 4.74 Å². The monoisotopic (exact) mass is 293 g/mol. The standard InChI is InChI=1S/C16H17F2NO2/c1-10-6-7-14(20-2)13(8-10)15(19)11-4-3-5-12(9-11)21-16(17)18/h3-9,15-16H,19H2,1-2H3. The highest BCUT2D eigenvalue weighted by molar-refractivity contribution is 5.44. The zero-order valence-corrected chi connectivity index (χ0v) is 11.8. The number of aryl methyl sites for hydroxylation is 1. The molecule has 0 radical (unpaired) electrons. The molecule has 0 aliphatic heterocycles. The van der Waals surface area contributed by atoms with E-state index in [1.54, 1.807) is 19.2 Å². The lowest BCUT2D eigenvalue weighted by molar-refractivity contribution is -0.0498. The molecular weight excluding hydrogens is 276 g/mol. The second-order valence-corrected chi connectivity index (χ2v) is 4.67. The molecule has 0 aromatic heterocycles. The third-order valence-electron chi connectivity index (χ3n) is 3.16. The number of ether oxygens (including phenoxy) is 2. The largest absolute Gasteiger partial charge is 0.496 e. The molecule has 0 saturated carbocycles. The van der Waals surface area contributed by atoms with E-state index >= 15 is 0 Å². The van der Waals surface area contributed by atoms with Crippen LogP contribution in [0, 0.1) is 6.92 Å². The molecule has 2 N–H and O–H groups in total. The zero-order valence-electron chi connectivity index (χ0n) is 11.8. The summed E-state index contributed by atoms with van der Waals surface area (Å²) in [5.74, 6) is 0.748. The predicted molar refractivity (Wildman–Crippen MR) is 76.8 cm³/mol. The van der Waals surface area contributed by atoms with E-state index in [1.165, 1.54) is 12.1 Å². The van der Waals surface area contributed by atoms with Gasteiger partial charge in [-0.3, -0.25) is 0 Å². The lowest BCUT2D eigenvalue weighted by Gasteiger charge is -2.17. The second-order valence-electron chi connectivity index (χ2n) is 4.67. The summed E-state index contributed by atoms with van der Waals surface area (Å²) in [7, 11) is 1.57. The molecule has 0 bridgehead atoms. The summed E-state index contributed by atoms with van der Waals surface area (Å²) in [4.78, 5) is 0. The molecule has 2 aromatic carbocycles. The smallest absolute Gasteiger partial charge is 0.387 e. The molecule has 2 aromatic rings. The van der Waals surface area contributed by atoms with Crippen LogP contribution >= 0.6 is 0 Å². The average molecular weight is 293 g/mol. The van der Waals surface area contributed by atoms with E-state index in [4.69, 9.17) is 10.5 Å². The van der Waals surface area contributed by atoms with Gasteiger partial charge in [0.05, 0.1) is 13.2 Å². The van der Waals surface area contributed by atoms with Crippen LogP contribution in [-0.2, 0) is 0 Å². The lowest BCUT2D eigenvalue weighted by Crippen LogP contribution is -2.13. The van der Waals surface area contributed by atoms with Gasteiger partial charge in [-0.25, -0.2) is 0 Å². The van der Waals surface area contributed by atoms with Crippen LogP contribution in [-0.4, -0.2) is 13.7 Å². The van der Waals surface area contributed by atoms with Crippen molar-refractivity contribution in [2.45, 2.75) is 19.6 Å². The van der Waals surface area contributed by atoms with Crippen molar-refractivity contribution in [2.75, 3.05) is 7.11 Å². The van der Waals surface area contributed by atoms with Crippen molar-refractivity contribution < 1.29 is 18.3 Å². The van der Waals surface area contributed by atoms with Crippen LogP contribution < -0.4 is 15.2 Å². The number of rotatable bonds is 5. The maximum atomic E-state index is 12.3. The molecule has 1 unspecified atom stereocenters. The number of hydrogen-bond acceptors (Lipinski definition) is 3. The molecule has 2 rings (SSSR count). The van der Waals surface area contributed by atoms with E-state index in [0.29, 0.717) is 11.3 Å². The van der Waals surface area contributed by atoms with Gasteiger partial charge in [0.1, 0.15) is 11.5 Å². The number of nitrogens with two attached hydrogens (primary N) is 1. The average Bonchev–Trinajstić information content (AvgIpc) is 2.46. The molecule has 0 saturated heterocycles. The Morgan fingerprint density at radius 1 is 1.10 bits per heavy atom. The van der Waals surface area contributed by atoms with Gasteiger partial charge >= 0.3 is 6.61 Å². The zero-order chi connectivity index (χ0) is 15.4. The molecule has 3 nitrogen and oxygen atoms in total. The van der Waals surface area contributed by atoms with E-state index in [0.717, 1.165) is 11.1 Å². The van der Waals surface area contributed by atoms with Crippen molar-refractivity contribution in [2.24, 2.45) is 5.73 Å². The lowest BCUT2D eigenvalue weighted by atomic mass is 9.97. The minimum Gasteiger partial charge on any atom is -0.496 e. The highest BCUT2D eigenvalue weighted by Crippen LogP contribution is 2.30. The van der Waals surface area contributed by atoms with E-state index in [-0.39, 0.29) is 5.75 Å². The minimum absolute atomic E-state index is 0.0876. The highest BCUT2D eigenvalue weighted by Gasteiger charge is 2.15. The van der Waals surface area contributed by atoms with Gasteiger partial charge in [0.2, 0.25) is 0 Å². The van der Waals surface area contributed by atoms with Crippen LogP contribution in [0.4, 0.5) is 8.78 Å². The van der Waals surface area contributed by atoms with Crippen molar-refractivity contribution in [3.8, 4) is 11.5 Å². The maximum Gasteiger partial charge on any atom is 0.387 e. The summed E-state index contributed by atoms with van der Waals surface area (Å²) < 4.78 is 34.3. The SMILES string of the molecule is COc1ccc(C)cc1C(N)c1cccc(OC(F)F)c1. The third kappa shape index (κ3) is 3.70. The summed E-state index contributed by atoms with van der Waals surface area (Å²) in [5.41, 5.74) is 8.76. The van der Waals surface area contributed by atoms with Crippen molar-refractivity contribution >= 4 is 0 Å². The molecule has 0 amide bonds. The fourth-order valence-electron chi connectivity index (χ4n) is 2.16. The minimum atomic E-state index is -2.86. The predicted octanol–water partition coefficient (Wildman–Crippen LogP) is 3.65. The Morgan fingerprint density at radius 3 is 2.52 bits per heavy atom. The van der Waals surface area contributed by atoms with E-state index < -0.39 is 12.7 Å². The number of methoxy groups -OCH3 is 1. The topological polar surface area (TPSA) is 44.5 Å². The first kappa shape index (κ1) is 15.3. The fourth-order valence-corrected chi connectivity index (χ4v) is 2.16. The van der Waals surface area contributed by atoms with E-state index in [9.17, 15) is 8.78 Å². The van der Waals surface area contributed by atoms with Crippen molar-refractivity contribution in [1.82, 2.24) is 0 Å². The first-order valence-electron chi connectivity index (χ1n) is 6.46. The number of hydrogen-bond donors (Lipinski definition) is 1. The number of halogens is 2. The van der Waals surface area contributed by atoms with Crippen molar-refractivity contribution in [3.63, 3.8) is 0 Å². The summed E-state index contributed by atoms with van der Waals surface area (Å²) in [5, 5.41) is 0. The van der Waals surface area contributed by atoms with Gasteiger partial charge < -0.3 is 15.2 Å². The Labute approximate surface area is 122 Å². The molecule has 0 aliphatic carbocycles. The molecule has 0 spiro atoms. The van der Waals surface area contributed by atoms with Gasteiger partial charge in [0, 0.05) is 5.56 Å². The second kappa shape index (κ2) is 6.54. The number of alkyl halides is 2. The Hall–Kier alpha value is -2.14. The summed E-state index contributed by atoms with van der Waals surface area (Å²) in [6.07, 6.45) is 0. The van der Waals surface area contributed by atoms with Crippen molar-refractivity contribution in [1.29, 1.82) is 0 Å². The summed E-state index contributed by atoms with van der Waals surface area (Å²) in [6, 6.07) is 11.6. The molecule has 0 heterocycles. The Kier molecular flexibility index (Phi) is 4.75. The fraction of sp³-hybridized carbons (Fsp3) is 0.250. The Morgan fingerprint density at radius 2 is 1.86 bits per heavy atom. The van der Waals surface area contributed by atoms with Gasteiger partial charge in [-0.05, 0) is 30.7 Å². The Bertz CT molecular complexity index is 617. The molecule has 1 atom stereocenters. The van der Waals surface area contributed by atoms with Crippen LogP contribution in [0.15, 0.2) is 42.5 Å². The quantitative estimate of drug-likeness (QED) is 0.915. The van der Waals surface area contributed by atoms with Gasteiger partial charge in [-0.1, -0.05) is 29.8 Å². The van der Waals surface area contributed by atoms with Crippen LogP contribution in [0.3, 0.4) is 0 Å². The van der Waals surface area contributed by atoms with Gasteiger partial charge in [0.15, 0.2) is 0 Å². The van der Waals surface area contributed by atoms with Crippen LogP contribution in [0.1, 0.15) is 22.7 Å².